The van der Waals surface area contributed by atoms with Crippen LogP contribution < -0.4 is 5.32 Å². The number of halogens is 1. The number of hydrogen-bond donors (Lipinski definition) is 2. The molecule has 1 fully saturated rings. The van der Waals surface area contributed by atoms with Crippen LogP contribution in [-0.4, -0.2) is 26.7 Å². The lowest BCUT2D eigenvalue weighted by Gasteiger charge is -2.29. The fourth-order valence-corrected chi connectivity index (χ4v) is 4.62. The van der Waals surface area contributed by atoms with Gasteiger partial charge in [0.2, 0.25) is 5.95 Å². The molecule has 0 unspecified atom stereocenters. The molecule has 0 atom stereocenters. The van der Waals surface area contributed by atoms with E-state index in [-0.39, 0.29) is 10.8 Å². The van der Waals surface area contributed by atoms with Crippen LogP contribution in [0.5, 0.6) is 0 Å². The van der Waals surface area contributed by atoms with Crippen LogP contribution >= 0.6 is 0 Å². The van der Waals surface area contributed by atoms with Crippen molar-refractivity contribution in [1.82, 2.24) is 20.2 Å². The average molecular weight is 406 g/mol. The van der Waals surface area contributed by atoms with Gasteiger partial charge in [0, 0.05) is 41.8 Å². The summed E-state index contributed by atoms with van der Waals surface area (Å²) in [6.45, 7) is 5.35. The Morgan fingerprint density at radius 1 is 1.20 bits per heavy atom. The zero-order chi connectivity index (χ0) is 20.8. The van der Waals surface area contributed by atoms with E-state index in [2.05, 4.69) is 45.4 Å². The van der Waals surface area contributed by atoms with E-state index in [1.807, 2.05) is 18.3 Å². The van der Waals surface area contributed by atoms with Crippen LogP contribution in [-0.2, 0) is 19.3 Å². The minimum atomic E-state index is -0.472. The second-order valence-electron chi connectivity index (χ2n) is 9.83. The highest BCUT2D eigenvalue weighted by Crippen LogP contribution is 2.48. The minimum absolute atomic E-state index is 0.217. The molecule has 0 bridgehead atoms. The maximum Gasteiger partial charge on any atom is 0.215 e. The third-order valence-corrected chi connectivity index (χ3v) is 6.63. The molecule has 5 rings (SSSR count). The number of aromatic amines is 1. The van der Waals surface area contributed by atoms with Crippen LogP contribution in [0.2, 0.25) is 0 Å². The van der Waals surface area contributed by atoms with Crippen LogP contribution in [0, 0.1) is 16.8 Å². The molecule has 0 aromatic carbocycles. The summed E-state index contributed by atoms with van der Waals surface area (Å²) in [5.74, 6) is 0.107. The van der Waals surface area contributed by atoms with Crippen molar-refractivity contribution in [2.45, 2.75) is 52.4 Å². The normalized spacial score (nSPS) is 18.6. The van der Waals surface area contributed by atoms with Crippen molar-refractivity contribution in [3.63, 3.8) is 0 Å². The molecule has 3 heterocycles. The lowest BCUT2D eigenvalue weighted by Crippen LogP contribution is -2.22. The average Bonchev–Trinajstić information content (AvgIpc) is 3.35. The summed E-state index contributed by atoms with van der Waals surface area (Å²) in [5, 5.41) is 11.1. The Balaban J connectivity index is 1.33. The molecule has 1 saturated carbocycles. The van der Waals surface area contributed by atoms with E-state index in [1.165, 1.54) is 35.7 Å². The summed E-state index contributed by atoms with van der Waals surface area (Å²) in [5.41, 5.74) is 5.80. The number of pyridine rings is 2. The standard InChI is InChI=1S/C24H28FN5/c1-23(2)6-5-18-19(13-23)29-30-22(18)17-10-20(25)28-21(11-17)27-15-24(7-8-24)12-16-4-3-9-26-14-16/h3-4,9-11,14H,5-8,12-13,15H2,1-2H3,(H,27,28)(H,29,30). The van der Waals surface area contributed by atoms with Crippen molar-refractivity contribution < 1.29 is 4.39 Å². The van der Waals surface area contributed by atoms with Gasteiger partial charge < -0.3 is 5.32 Å². The van der Waals surface area contributed by atoms with Crippen molar-refractivity contribution in [2.24, 2.45) is 10.8 Å². The van der Waals surface area contributed by atoms with E-state index in [0.717, 1.165) is 43.5 Å². The van der Waals surface area contributed by atoms with Gasteiger partial charge in [0.15, 0.2) is 0 Å². The third kappa shape index (κ3) is 3.95. The van der Waals surface area contributed by atoms with Crippen LogP contribution in [0.3, 0.4) is 0 Å². The van der Waals surface area contributed by atoms with E-state index < -0.39 is 5.95 Å². The summed E-state index contributed by atoms with van der Waals surface area (Å²) < 4.78 is 14.4. The van der Waals surface area contributed by atoms with Gasteiger partial charge in [-0.2, -0.15) is 9.49 Å². The first kappa shape index (κ1) is 19.2. The fourth-order valence-electron chi connectivity index (χ4n) is 4.62. The second kappa shape index (κ2) is 7.18. The molecule has 0 radical (unpaired) electrons. The predicted octanol–water partition coefficient (Wildman–Crippen LogP) is 4.96. The third-order valence-electron chi connectivity index (χ3n) is 6.63. The Hall–Kier alpha value is -2.76. The number of H-pyrrole nitrogens is 1. The van der Waals surface area contributed by atoms with Gasteiger partial charge in [-0.05, 0) is 67.1 Å². The Bertz CT molecular complexity index is 1050. The highest BCUT2D eigenvalue weighted by Gasteiger charge is 2.42. The minimum Gasteiger partial charge on any atom is -0.369 e. The van der Waals surface area contributed by atoms with Gasteiger partial charge >= 0.3 is 0 Å². The van der Waals surface area contributed by atoms with Gasteiger partial charge in [-0.25, -0.2) is 4.98 Å². The van der Waals surface area contributed by atoms with E-state index in [9.17, 15) is 4.39 Å². The number of nitrogens with zero attached hydrogens (tertiary/aromatic N) is 3. The summed E-state index contributed by atoms with van der Waals surface area (Å²) in [6, 6.07) is 7.52. The van der Waals surface area contributed by atoms with Crippen molar-refractivity contribution in [3.8, 4) is 11.3 Å². The highest BCUT2D eigenvalue weighted by atomic mass is 19.1. The Morgan fingerprint density at radius 2 is 2.07 bits per heavy atom. The van der Waals surface area contributed by atoms with Crippen LogP contribution in [0.15, 0.2) is 36.7 Å². The first-order valence-corrected chi connectivity index (χ1v) is 10.8. The Morgan fingerprint density at radius 3 is 2.83 bits per heavy atom. The van der Waals surface area contributed by atoms with Crippen LogP contribution in [0.1, 0.15) is 49.9 Å². The molecule has 3 aromatic rings. The smallest absolute Gasteiger partial charge is 0.215 e. The molecule has 0 spiro atoms. The van der Waals surface area contributed by atoms with Gasteiger partial charge in [-0.15, -0.1) is 0 Å². The lowest BCUT2D eigenvalue weighted by molar-refractivity contribution is 0.312. The fraction of sp³-hybridized carbons (Fsp3) is 0.458. The quantitative estimate of drug-likeness (QED) is 0.569. The molecule has 156 valence electrons. The van der Waals surface area contributed by atoms with Gasteiger partial charge in [0.25, 0.3) is 0 Å². The van der Waals surface area contributed by atoms with Crippen LogP contribution in [0.25, 0.3) is 11.3 Å². The SMILES string of the molecule is CC1(C)CCc2c(-c3cc(F)nc(NCC4(Cc5cccnc5)CC4)c3)n[nH]c2C1. The van der Waals surface area contributed by atoms with Gasteiger partial charge in [0.1, 0.15) is 5.82 Å². The topological polar surface area (TPSA) is 66.5 Å². The Kier molecular flexibility index (Phi) is 4.60. The lowest BCUT2D eigenvalue weighted by atomic mass is 9.76. The summed E-state index contributed by atoms with van der Waals surface area (Å²) in [4.78, 5) is 8.31. The van der Waals surface area contributed by atoms with Crippen molar-refractivity contribution >= 4 is 5.82 Å². The van der Waals surface area contributed by atoms with Crippen molar-refractivity contribution in [1.29, 1.82) is 0 Å². The molecular weight excluding hydrogens is 377 g/mol. The maximum atomic E-state index is 14.4. The monoisotopic (exact) mass is 405 g/mol. The van der Waals surface area contributed by atoms with Gasteiger partial charge in [0.05, 0.1) is 5.69 Å². The second-order valence-corrected chi connectivity index (χ2v) is 9.83. The van der Waals surface area contributed by atoms with Gasteiger partial charge in [-0.3, -0.25) is 10.1 Å². The number of anilines is 1. The van der Waals surface area contributed by atoms with Crippen molar-refractivity contribution in [3.05, 3.63) is 59.4 Å². The molecular formula is C24H28FN5. The van der Waals surface area contributed by atoms with E-state index in [1.54, 1.807) is 6.20 Å². The Labute approximate surface area is 176 Å². The molecule has 6 heteroatoms. The number of hydrogen-bond acceptors (Lipinski definition) is 4. The summed E-state index contributed by atoms with van der Waals surface area (Å²) in [7, 11) is 0. The van der Waals surface area contributed by atoms with Crippen molar-refractivity contribution in [2.75, 3.05) is 11.9 Å². The number of nitrogens with one attached hydrogen (secondary N) is 2. The molecule has 2 aliphatic rings. The molecule has 2 aliphatic carbocycles. The first-order valence-electron chi connectivity index (χ1n) is 10.8. The predicted molar refractivity (Wildman–Crippen MR) is 116 cm³/mol. The van der Waals surface area contributed by atoms with Crippen LogP contribution in [0.4, 0.5) is 10.2 Å². The first-order chi connectivity index (χ1) is 14.4. The molecule has 30 heavy (non-hydrogen) atoms. The molecule has 0 saturated heterocycles. The zero-order valence-corrected chi connectivity index (χ0v) is 17.6. The number of fused-ring (bicyclic) bond motifs is 1. The largest absolute Gasteiger partial charge is 0.369 e. The number of aromatic nitrogens is 4. The highest BCUT2D eigenvalue weighted by molar-refractivity contribution is 5.67. The number of rotatable bonds is 6. The molecule has 5 nitrogen and oxygen atoms in total. The molecule has 3 aromatic heterocycles. The molecule has 0 aliphatic heterocycles. The van der Waals surface area contributed by atoms with E-state index in [0.29, 0.717) is 5.82 Å². The summed E-state index contributed by atoms with van der Waals surface area (Å²) >= 11 is 0. The molecule has 0 amide bonds. The zero-order valence-electron chi connectivity index (χ0n) is 17.6. The maximum absolute atomic E-state index is 14.4. The van der Waals surface area contributed by atoms with E-state index in [4.69, 9.17) is 0 Å². The van der Waals surface area contributed by atoms with E-state index >= 15 is 0 Å². The summed E-state index contributed by atoms with van der Waals surface area (Å²) in [6.07, 6.45) is 10.1. The molecule has 2 N–H and O–H groups in total. The van der Waals surface area contributed by atoms with Gasteiger partial charge in [-0.1, -0.05) is 19.9 Å².